The summed E-state index contributed by atoms with van der Waals surface area (Å²) in [6.07, 6.45) is -0.773. The van der Waals surface area contributed by atoms with E-state index in [2.05, 4.69) is 5.32 Å². The minimum Gasteiger partial charge on any atom is -0.497 e. The van der Waals surface area contributed by atoms with Crippen LogP contribution in [0.3, 0.4) is 0 Å². The van der Waals surface area contributed by atoms with E-state index < -0.39 is 23.9 Å². The molecule has 0 aliphatic carbocycles. The Balaban J connectivity index is 2.05. The van der Waals surface area contributed by atoms with E-state index in [1.807, 2.05) is 50.2 Å². The van der Waals surface area contributed by atoms with Crippen molar-refractivity contribution >= 4 is 29.1 Å². The molecule has 1 aliphatic rings. The predicted molar refractivity (Wildman–Crippen MR) is 127 cm³/mol. The van der Waals surface area contributed by atoms with Gasteiger partial charge in [0.1, 0.15) is 5.75 Å². The lowest BCUT2D eigenvalue weighted by atomic mass is 9.93. The van der Waals surface area contributed by atoms with Crippen LogP contribution in [-0.4, -0.2) is 43.8 Å². The number of carbonyl (C=O) groups excluding carboxylic acids is 3. The van der Waals surface area contributed by atoms with E-state index in [1.165, 1.54) is 4.90 Å². The van der Waals surface area contributed by atoms with Crippen molar-refractivity contribution in [2.75, 3.05) is 19.1 Å². The first-order valence-corrected chi connectivity index (χ1v) is 10.9. The molecular formula is C25H30N4O4. The van der Waals surface area contributed by atoms with E-state index in [0.717, 1.165) is 5.56 Å². The van der Waals surface area contributed by atoms with Gasteiger partial charge in [-0.15, -0.1) is 0 Å². The van der Waals surface area contributed by atoms with Crippen LogP contribution in [0, 0.1) is 11.8 Å². The summed E-state index contributed by atoms with van der Waals surface area (Å²) in [6.45, 7) is 3.92. The van der Waals surface area contributed by atoms with Crippen LogP contribution in [0.2, 0.25) is 0 Å². The molecule has 0 saturated carbocycles. The van der Waals surface area contributed by atoms with E-state index in [4.69, 9.17) is 15.5 Å². The molecule has 3 rings (SSSR count). The zero-order valence-corrected chi connectivity index (χ0v) is 19.4. The summed E-state index contributed by atoms with van der Waals surface area (Å²) in [7, 11) is 3.22. The number of rotatable bonds is 8. The van der Waals surface area contributed by atoms with Crippen molar-refractivity contribution in [3.05, 3.63) is 59.7 Å². The Morgan fingerprint density at radius 2 is 1.88 bits per heavy atom. The maximum absolute atomic E-state index is 13.3. The summed E-state index contributed by atoms with van der Waals surface area (Å²) in [6, 6.07) is 14.8. The maximum atomic E-state index is 13.3. The van der Waals surface area contributed by atoms with Crippen molar-refractivity contribution in [3.63, 3.8) is 0 Å². The molecule has 0 radical (unpaired) electrons. The van der Waals surface area contributed by atoms with Crippen LogP contribution in [0.5, 0.6) is 5.75 Å². The summed E-state index contributed by atoms with van der Waals surface area (Å²) < 4.78 is 5.39. The normalized spacial score (nSPS) is 16.5. The highest BCUT2D eigenvalue weighted by Crippen LogP contribution is 2.31. The number of carbonyl (C=O) groups is 3. The second kappa shape index (κ2) is 10.3. The molecule has 8 heteroatoms. The molecule has 0 bridgehead atoms. The van der Waals surface area contributed by atoms with Gasteiger partial charge in [0.2, 0.25) is 18.0 Å². The Morgan fingerprint density at radius 1 is 1.18 bits per heavy atom. The molecule has 2 atom stereocenters. The average molecular weight is 451 g/mol. The molecule has 3 N–H and O–H groups in total. The average Bonchev–Trinajstić information content (AvgIpc) is 2.88. The van der Waals surface area contributed by atoms with Gasteiger partial charge in [-0.3, -0.25) is 14.4 Å². The number of benzodiazepines with no additional fused rings is 1. The van der Waals surface area contributed by atoms with E-state index >= 15 is 0 Å². The number of nitrogens with two attached hydrogens (primary N) is 1. The third-order valence-electron chi connectivity index (χ3n) is 5.54. The number of nitrogens with zero attached hydrogens (tertiary/aromatic N) is 2. The fraction of sp³-hybridized carbons (Fsp3) is 0.360. The number of amides is 3. The van der Waals surface area contributed by atoms with E-state index in [1.54, 1.807) is 26.3 Å². The third-order valence-corrected chi connectivity index (χ3v) is 5.54. The Labute approximate surface area is 193 Å². The summed E-state index contributed by atoms with van der Waals surface area (Å²) >= 11 is 0. The number of ether oxygens (including phenoxy) is 1. The number of nitrogens with one attached hydrogen (secondary N) is 1. The van der Waals surface area contributed by atoms with Gasteiger partial charge in [0, 0.05) is 30.5 Å². The van der Waals surface area contributed by atoms with Crippen LogP contribution in [0.15, 0.2) is 53.5 Å². The van der Waals surface area contributed by atoms with Gasteiger partial charge in [0.15, 0.2) is 0 Å². The number of aliphatic imine (C=N–C) groups is 1. The fourth-order valence-corrected chi connectivity index (χ4v) is 3.95. The van der Waals surface area contributed by atoms with E-state index in [9.17, 15) is 14.4 Å². The molecule has 3 amide bonds. The molecule has 33 heavy (non-hydrogen) atoms. The number of hydrogen-bond donors (Lipinski definition) is 2. The topological polar surface area (TPSA) is 114 Å². The van der Waals surface area contributed by atoms with Crippen LogP contribution < -0.4 is 20.7 Å². The number of primary amides is 1. The molecule has 0 fully saturated rings. The van der Waals surface area contributed by atoms with Crippen molar-refractivity contribution < 1.29 is 19.1 Å². The van der Waals surface area contributed by atoms with Gasteiger partial charge in [0.25, 0.3) is 5.91 Å². The Morgan fingerprint density at radius 3 is 2.48 bits per heavy atom. The van der Waals surface area contributed by atoms with Crippen LogP contribution in [-0.2, 0) is 14.4 Å². The van der Waals surface area contributed by atoms with Gasteiger partial charge in [-0.25, -0.2) is 4.99 Å². The Kier molecular flexibility index (Phi) is 7.48. The molecule has 0 saturated heterocycles. The highest BCUT2D eigenvalue weighted by Gasteiger charge is 2.33. The molecule has 174 valence electrons. The standard InChI is InChI=1S/C25H30N4O4/c1-15(2)12-17(13-21(26)30)24(31)28-23-25(32)29(3)20-11-10-18(33-4)14-19(20)22(27-23)16-8-6-5-7-9-16/h5-11,14-15,17,23H,12-13H2,1-4H3,(H2,26,30)(H,28,31). The molecule has 0 spiro atoms. The second-order valence-corrected chi connectivity index (χ2v) is 8.53. The molecule has 1 heterocycles. The summed E-state index contributed by atoms with van der Waals surface area (Å²) in [5.74, 6) is -1.21. The number of likely N-dealkylation sites (N-methyl/N-ethyl adjacent to an activating group) is 1. The second-order valence-electron chi connectivity index (χ2n) is 8.53. The van der Waals surface area contributed by atoms with E-state index in [-0.39, 0.29) is 18.2 Å². The lowest BCUT2D eigenvalue weighted by Crippen LogP contribution is -2.48. The summed E-state index contributed by atoms with van der Waals surface area (Å²) in [5.41, 5.74) is 8.08. The van der Waals surface area contributed by atoms with Crippen molar-refractivity contribution in [3.8, 4) is 5.75 Å². The molecule has 1 aliphatic heterocycles. The molecule has 2 aromatic carbocycles. The molecule has 8 nitrogen and oxygen atoms in total. The molecular weight excluding hydrogens is 420 g/mol. The first-order chi connectivity index (χ1) is 15.7. The number of anilines is 1. The smallest absolute Gasteiger partial charge is 0.272 e. The maximum Gasteiger partial charge on any atom is 0.272 e. The third kappa shape index (κ3) is 5.58. The van der Waals surface area contributed by atoms with Crippen molar-refractivity contribution in [2.45, 2.75) is 32.9 Å². The largest absolute Gasteiger partial charge is 0.497 e. The number of benzene rings is 2. The zero-order valence-electron chi connectivity index (χ0n) is 19.4. The number of fused-ring (bicyclic) bond motifs is 1. The molecule has 2 aromatic rings. The molecule has 0 aromatic heterocycles. The fourth-order valence-electron chi connectivity index (χ4n) is 3.95. The quantitative estimate of drug-likeness (QED) is 0.643. The van der Waals surface area contributed by atoms with Gasteiger partial charge < -0.3 is 20.7 Å². The van der Waals surface area contributed by atoms with Gasteiger partial charge in [-0.1, -0.05) is 44.2 Å². The minimum atomic E-state index is -1.15. The van der Waals surface area contributed by atoms with Gasteiger partial charge in [0.05, 0.1) is 18.5 Å². The number of hydrogen-bond acceptors (Lipinski definition) is 5. The van der Waals surface area contributed by atoms with Gasteiger partial charge >= 0.3 is 0 Å². The summed E-state index contributed by atoms with van der Waals surface area (Å²) in [5, 5.41) is 2.76. The lowest BCUT2D eigenvalue weighted by molar-refractivity contribution is -0.132. The SMILES string of the molecule is COc1ccc2c(c1)C(c1ccccc1)=NC(NC(=O)C(CC(N)=O)CC(C)C)C(=O)N2C. The van der Waals surface area contributed by atoms with Crippen molar-refractivity contribution in [2.24, 2.45) is 22.6 Å². The van der Waals surface area contributed by atoms with Crippen LogP contribution in [0.1, 0.15) is 37.8 Å². The highest BCUT2D eigenvalue weighted by atomic mass is 16.5. The van der Waals surface area contributed by atoms with Crippen LogP contribution in [0.4, 0.5) is 5.69 Å². The predicted octanol–water partition coefficient (Wildman–Crippen LogP) is 2.49. The van der Waals surface area contributed by atoms with Crippen molar-refractivity contribution in [1.82, 2.24) is 5.32 Å². The molecule has 2 unspecified atom stereocenters. The van der Waals surface area contributed by atoms with Crippen molar-refractivity contribution in [1.29, 1.82) is 0 Å². The number of methoxy groups -OCH3 is 1. The van der Waals surface area contributed by atoms with Gasteiger partial charge in [-0.2, -0.15) is 0 Å². The first-order valence-electron chi connectivity index (χ1n) is 10.9. The Bertz CT molecular complexity index is 1070. The highest BCUT2D eigenvalue weighted by molar-refractivity contribution is 6.20. The van der Waals surface area contributed by atoms with Crippen LogP contribution in [0.25, 0.3) is 0 Å². The first kappa shape index (κ1) is 24.0. The Hall–Kier alpha value is -3.68. The summed E-state index contributed by atoms with van der Waals surface area (Å²) in [4.78, 5) is 44.1. The minimum absolute atomic E-state index is 0.0898. The monoisotopic (exact) mass is 450 g/mol. The van der Waals surface area contributed by atoms with Gasteiger partial charge in [-0.05, 0) is 30.5 Å². The van der Waals surface area contributed by atoms with Crippen LogP contribution >= 0.6 is 0 Å². The lowest BCUT2D eigenvalue weighted by Gasteiger charge is -2.23. The van der Waals surface area contributed by atoms with E-state index in [0.29, 0.717) is 29.1 Å². The zero-order chi connectivity index (χ0) is 24.1.